The molecule has 0 aromatic heterocycles. The van der Waals surface area contributed by atoms with Gasteiger partial charge in [0.25, 0.3) is 0 Å². The van der Waals surface area contributed by atoms with Gasteiger partial charge < -0.3 is 14.7 Å². The van der Waals surface area contributed by atoms with E-state index < -0.39 is 10.0 Å². The number of fused-ring (bicyclic) bond motifs is 1. The maximum absolute atomic E-state index is 12.4. The number of sulfonamides is 1. The van der Waals surface area contributed by atoms with Gasteiger partial charge in [0, 0.05) is 13.6 Å². The molecule has 0 unspecified atom stereocenters. The van der Waals surface area contributed by atoms with E-state index in [1.54, 1.807) is 37.1 Å². The zero-order valence-electron chi connectivity index (χ0n) is 11.0. The standard InChI is InChI=1S/C12H18N2O4S/c1-9-8-18-11-5-3-4-10(14(2)6-7-15)12(11)19(16,17)13-9/h3-5,9,13,15H,6-8H2,1-2H3/t9-/m0/s1. The number of anilines is 1. The van der Waals surface area contributed by atoms with Gasteiger partial charge in [-0.3, -0.25) is 0 Å². The van der Waals surface area contributed by atoms with Crippen molar-refractivity contribution in [3.8, 4) is 5.75 Å². The predicted molar refractivity (Wildman–Crippen MR) is 72.1 cm³/mol. The summed E-state index contributed by atoms with van der Waals surface area (Å²) in [6, 6.07) is 4.80. The number of nitrogens with zero attached hydrogens (tertiary/aromatic N) is 1. The van der Waals surface area contributed by atoms with Crippen molar-refractivity contribution >= 4 is 15.7 Å². The number of aliphatic hydroxyl groups excluding tert-OH is 1. The molecule has 1 atom stereocenters. The average molecular weight is 286 g/mol. The van der Waals surface area contributed by atoms with Crippen molar-refractivity contribution in [2.45, 2.75) is 17.9 Å². The van der Waals surface area contributed by atoms with Crippen LogP contribution in [-0.4, -0.2) is 46.4 Å². The quantitative estimate of drug-likeness (QED) is 0.828. The van der Waals surface area contributed by atoms with Crippen LogP contribution >= 0.6 is 0 Å². The van der Waals surface area contributed by atoms with Gasteiger partial charge in [0.2, 0.25) is 10.0 Å². The fourth-order valence-corrected chi connectivity index (χ4v) is 3.64. The highest BCUT2D eigenvalue weighted by Gasteiger charge is 2.30. The topological polar surface area (TPSA) is 78.9 Å². The molecule has 0 bridgehead atoms. The Morgan fingerprint density at radius 2 is 2.26 bits per heavy atom. The third-order valence-corrected chi connectivity index (χ3v) is 4.58. The van der Waals surface area contributed by atoms with Crippen LogP contribution in [0.1, 0.15) is 6.92 Å². The summed E-state index contributed by atoms with van der Waals surface area (Å²) < 4.78 is 32.8. The molecule has 1 aromatic rings. The van der Waals surface area contributed by atoms with Crippen molar-refractivity contribution in [3.63, 3.8) is 0 Å². The lowest BCUT2D eigenvalue weighted by Gasteiger charge is -2.21. The minimum Gasteiger partial charge on any atom is -0.490 e. The predicted octanol–water partition coefficient (Wildman–Crippen LogP) is 0.174. The monoisotopic (exact) mass is 286 g/mol. The van der Waals surface area contributed by atoms with E-state index in [0.717, 1.165) is 0 Å². The van der Waals surface area contributed by atoms with Crippen LogP contribution in [0.2, 0.25) is 0 Å². The van der Waals surface area contributed by atoms with Gasteiger partial charge in [0.1, 0.15) is 17.3 Å². The third-order valence-electron chi connectivity index (χ3n) is 2.92. The molecule has 19 heavy (non-hydrogen) atoms. The van der Waals surface area contributed by atoms with Crippen LogP contribution in [0, 0.1) is 0 Å². The minimum atomic E-state index is -3.62. The number of benzene rings is 1. The van der Waals surface area contributed by atoms with Crippen molar-refractivity contribution < 1.29 is 18.3 Å². The Balaban J connectivity index is 2.56. The van der Waals surface area contributed by atoms with Crippen LogP contribution < -0.4 is 14.4 Å². The molecule has 1 aromatic carbocycles. The Morgan fingerprint density at radius 1 is 1.53 bits per heavy atom. The molecule has 7 heteroatoms. The summed E-state index contributed by atoms with van der Waals surface area (Å²) in [7, 11) is -1.89. The van der Waals surface area contributed by atoms with E-state index in [4.69, 9.17) is 9.84 Å². The molecule has 6 nitrogen and oxygen atoms in total. The number of rotatable bonds is 3. The van der Waals surface area contributed by atoms with E-state index in [1.165, 1.54) is 0 Å². The van der Waals surface area contributed by atoms with Crippen molar-refractivity contribution in [1.29, 1.82) is 0 Å². The third kappa shape index (κ3) is 2.83. The maximum Gasteiger partial charge on any atom is 0.246 e. The molecule has 106 valence electrons. The van der Waals surface area contributed by atoms with Crippen LogP contribution in [0.25, 0.3) is 0 Å². The summed E-state index contributed by atoms with van der Waals surface area (Å²) in [5.74, 6) is 0.346. The lowest BCUT2D eigenvalue weighted by Crippen LogP contribution is -2.34. The molecule has 0 aliphatic carbocycles. The first-order valence-electron chi connectivity index (χ1n) is 6.06. The summed E-state index contributed by atoms with van der Waals surface area (Å²) in [6.07, 6.45) is 0. The van der Waals surface area contributed by atoms with Gasteiger partial charge in [-0.2, -0.15) is 0 Å². The highest BCUT2D eigenvalue weighted by Crippen LogP contribution is 2.34. The van der Waals surface area contributed by atoms with Crippen LogP contribution in [-0.2, 0) is 10.0 Å². The van der Waals surface area contributed by atoms with E-state index in [2.05, 4.69) is 4.72 Å². The normalized spacial score (nSPS) is 21.1. The molecule has 1 heterocycles. The van der Waals surface area contributed by atoms with Gasteiger partial charge in [0.05, 0.1) is 18.3 Å². The zero-order chi connectivity index (χ0) is 14.0. The molecule has 2 N–H and O–H groups in total. The Bertz CT molecular complexity index is 559. The van der Waals surface area contributed by atoms with Gasteiger partial charge in [0.15, 0.2) is 0 Å². The Kier molecular flexibility index (Phi) is 3.98. The SMILES string of the molecule is C[C@H]1COc2cccc(N(C)CCO)c2S(=O)(=O)N1. The first kappa shape index (κ1) is 14.1. The number of hydrogen-bond acceptors (Lipinski definition) is 5. The molecule has 1 aliphatic rings. The molecule has 0 radical (unpaired) electrons. The average Bonchev–Trinajstić information content (AvgIpc) is 2.46. The van der Waals surface area contributed by atoms with E-state index in [9.17, 15) is 8.42 Å². The second kappa shape index (κ2) is 5.36. The van der Waals surface area contributed by atoms with E-state index >= 15 is 0 Å². The maximum atomic E-state index is 12.4. The Morgan fingerprint density at radius 3 is 2.95 bits per heavy atom. The summed E-state index contributed by atoms with van der Waals surface area (Å²) >= 11 is 0. The van der Waals surface area contributed by atoms with Crippen LogP contribution in [0.3, 0.4) is 0 Å². The second-order valence-corrected chi connectivity index (χ2v) is 6.23. The van der Waals surface area contributed by atoms with Gasteiger partial charge in [-0.15, -0.1) is 0 Å². The Hall–Kier alpha value is -1.31. The van der Waals surface area contributed by atoms with Crippen molar-refractivity contribution in [3.05, 3.63) is 18.2 Å². The fourth-order valence-electron chi connectivity index (χ4n) is 2.03. The van der Waals surface area contributed by atoms with Crippen molar-refractivity contribution in [2.75, 3.05) is 31.7 Å². The molecule has 0 saturated carbocycles. The van der Waals surface area contributed by atoms with Gasteiger partial charge >= 0.3 is 0 Å². The summed E-state index contributed by atoms with van der Waals surface area (Å²) in [4.78, 5) is 1.83. The molecule has 0 fully saturated rings. The smallest absolute Gasteiger partial charge is 0.246 e. The molecule has 2 rings (SSSR count). The largest absolute Gasteiger partial charge is 0.490 e. The lowest BCUT2D eigenvalue weighted by atomic mass is 10.2. The van der Waals surface area contributed by atoms with Gasteiger partial charge in [-0.05, 0) is 19.1 Å². The lowest BCUT2D eigenvalue weighted by molar-refractivity contribution is 0.288. The van der Waals surface area contributed by atoms with Gasteiger partial charge in [-0.25, -0.2) is 13.1 Å². The van der Waals surface area contributed by atoms with Crippen molar-refractivity contribution in [1.82, 2.24) is 4.72 Å². The minimum absolute atomic E-state index is 0.0507. The summed E-state index contributed by atoms with van der Waals surface area (Å²) in [5.41, 5.74) is 0.521. The molecule has 0 amide bonds. The molecular weight excluding hydrogens is 268 g/mol. The van der Waals surface area contributed by atoms with Crippen LogP contribution in [0.15, 0.2) is 23.1 Å². The number of ether oxygens (including phenoxy) is 1. The highest BCUT2D eigenvalue weighted by atomic mass is 32.2. The molecule has 0 saturated heterocycles. The first-order valence-corrected chi connectivity index (χ1v) is 7.54. The van der Waals surface area contributed by atoms with E-state index in [1.807, 2.05) is 0 Å². The second-order valence-electron chi connectivity index (χ2n) is 4.58. The van der Waals surface area contributed by atoms with E-state index in [-0.39, 0.29) is 17.5 Å². The number of likely N-dealkylation sites (N-methyl/N-ethyl adjacent to an activating group) is 1. The first-order chi connectivity index (χ1) is 8.95. The van der Waals surface area contributed by atoms with Crippen LogP contribution in [0.4, 0.5) is 5.69 Å². The number of aliphatic hydroxyl groups is 1. The number of hydrogen-bond donors (Lipinski definition) is 2. The molecule has 1 aliphatic heterocycles. The highest BCUT2D eigenvalue weighted by molar-refractivity contribution is 7.89. The Labute approximate surface area is 113 Å². The van der Waals surface area contributed by atoms with E-state index in [0.29, 0.717) is 24.6 Å². The zero-order valence-corrected chi connectivity index (χ0v) is 11.8. The van der Waals surface area contributed by atoms with Crippen molar-refractivity contribution in [2.24, 2.45) is 0 Å². The van der Waals surface area contributed by atoms with Gasteiger partial charge in [-0.1, -0.05) is 6.07 Å². The fraction of sp³-hybridized carbons (Fsp3) is 0.500. The summed E-state index contributed by atoms with van der Waals surface area (Å²) in [5, 5.41) is 8.99. The molecule has 0 spiro atoms. The number of nitrogens with one attached hydrogen (secondary N) is 1. The van der Waals surface area contributed by atoms with Crippen LogP contribution in [0.5, 0.6) is 5.75 Å². The molecular formula is C12H18N2O4S. The summed E-state index contributed by atoms with van der Waals surface area (Å²) in [6.45, 7) is 2.34.